The maximum Gasteiger partial charge on any atom is 0.105 e. The third kappa shape index (κ3) is 2.39. The molecule has 1 aliphatic carbocycles. The molecule has 4 N–H and O–H groups in total. The smallest absolute Gasteiger partial charge is 0.105 e. The molecule has 2 unspecified atom stereocenters. The summed E-state index contributed by atoms with van der Waals surface area (Å²) in [6, 6.07) is 9.63. The molecule has 96 valence electrons. The topological polar surface area (TPSA) is 90.3 Å². The highest BCUT2D eigenvalue weighted by Gasteiger charge is 2.45. The summed E-state index contributed by atoms with van der Waals surface area (Å²) in [4.78, 5) is 0. The molecule has 0 heterocycles. The minimum absolute atomic E-state index is 0.333. The lowest BCUT2D eigenvalue weighted by atomic mass is 9.93. The van der Waals surface area contributed by atoms with Crippen LogP contribution in [0.25, 0.3) is 0 Å². The van der Waals surface area contributed by atoms with E-state index < -0.39 is 12.2 Å². The van der Waals surface area contributed by atoms with Crippen molar-refractivity contribution >= 4 is 0 Å². The van der Waals surface area contributed by atoms with Gasteiger partial charge in [-0.15, -0.1) is 0 Å². The third-order valence-corrected chi connectivity index (χ3v) is 3.57. The predicted molar refractivity (Wildman–Crippen MR) is 67.6 cm³/mol. The molecule has 18 heavy (non-hydrogen) atoms. The normalized spacial score (nSPS) is 19.9. The first kappa shape index (κ1) is 13.0. The summed E-state index contributed by atoms with van der Waals surface area (Å²) < 4.78 is 0. The molecular formula is C14H18N2O2. The zero-order valence-electron chi connectivity index (χ0n) is 10.2. The second kappa shape index (κ2) is 5.07. The maximum absolute atomic E-state index is 10.0. The summed E-state index contributed by atoms with van der Waals surface area (Å²) in [6.07, 6.45) is 0.294. The van der Waals surface area contributed by atoms with Gasteiger partial charge < -0.3 is 15.9 Å². The zero-order chi connectivity index (χ0) is 13.2. The molecule has 0 spiro atoms. The average Bonchev–Trinajstić information content (AvgIpc) is 3.19. The van der Waals surface area contributed by atoms with Crippen LogP contribution >= 0.6 is 0 Å². The van der Waals surface area contributed by atoms with E-state index in [0.717, 1.165) is 18.4 Å². The van der Waals surface area contributed by atoms with Crippen molar-refractivity contribution in [2.45, 2.75) is 36.9 Å². The molecule has 0 radical (unpaired) electrons. The summed E-state index contributed by atoms with van der Waals surface area (Å²) in [6.45, 7) is 0.333. The van der Waals surface area contributed by atoms with Gasteiger partial charge in [0.2, 0.25) is 0 Å². The number of hydrogen-bond donors (Lipinski definition) is 3. The van der Waals surface area contributed by atoms with Gasteiger partial charge in [-0.05, 0) is 36.9 Å². The van der Waals surface area contributed by atoms with Crippen molar-refractivity contribution in [1.29, 1.82) is 5.26 Å². The highest BCUT2D eigenvalue weighted by molar-refractivity contribution is 5.41. The Morgan fingerprint density at radius 1 is 1.39 bits per heavy atom. The molecular weight excluding hydrogens is 228 g/mol. The molecule has 0 aromatic heterocycles. The van der Waals surface area contributed by atoms with Crippen LogP contribution in [-0.2, 0) is 5.41 Å². The summed E-state index contributed by atoms with van der Waals surface area (Å²) >= 11 is 0. The van der Waals surface area contributed by atoms with Gasteiger partial charge >= 0.3 is 0 Å². The largest absolute Gasteiger partial charge is 0.390 e. The van der Waals surface area contributed by atoms with E-state index >= 15 is 0 Å². The second-order valence-electron chi connectivity index (χ2n) is 4.91. The van der Waals surface area contributed by atoms with Crippen LogP contribution < -0.4 is 5.73 Å². The first-order chi connectivity index (χ1) is 8.63. The van der Waals surface area contributed by atoms with Gasteiger partial charge in [0.25, 0.3) is 0 Å². The van der Waals surface area contributed by atoms with Crippen LogP contribution in [0.15, 0.2) is 24.3 Å². The van der Waals surface area contributed by atoms with Gasteiger partial charge in [0, 0.05) is 0 Å². The predicted octanol–water partition coefficient (Wildman–Crippen LogP) is 0.985. The van der Waals surface area contributed by atoms with Crippen LogP contribution in [0, 0.1) is 11.3 Å². The van der Waals surface area contributed by atoms with Gasteiger partial charge in [-0.2, -0.15) is 5.26 Å². The molecule has 2 rings (SSSR count). The van der Waals surface area contributed by atoms with Gasteiger partial charge in [0.1, 0.15) is 6.10 Å². The molecule has 2 atom stereocenters. The van der Waals surface area contributed by atoms with Crippen molar-refractivity contribution in [3.05, 3.63) is 35.4 Å². The van der Waals surface area contributed by atoms with E-state index in [-0.39, 0.29) is 5.41 Å². The van der Waals surface area contributed by atoms with E-state index in [0.29, 0.717) is 18.5 Å². The monoisotopic (exact) mass is 246 g/mol. The van der Waals surface area contributed by atoms with Crippen molar-refractivity contribution in [3.8, 4) is 6.07 Å². The first-order valence-electron chi connectivity index (χ1n) is 6.21. The number of hydrogen-bond acceptors (Lipinski definition) is 4. The van der Waals surface area contributed by atoms with Crippen LogP contribution in [0.3, 0.4) is 0 Å². The summed E-state index contributed by atoms with van der Waals surface area (Å²) in [7, 11) is 0. The van der Waals surface area contributed by atoms with Crippen molar-refractivity contribution in [3.63, 3.8) is 0 Å². The van der Waals surface area contributed by atoms with Crippen LogP contribution in [0.4, 0.5) is 0 Å². The van der Waals surface area contributed by atoms with Crippen molar-refractivity contribution in [2.24, 2.45) is 5.73 Å². The zero-order valence-corrected chi connectivity index (χ0v) is 10.2. The first-order valence-corrected chi connectivity index (χ1v) is 6.21. The third-order valence-electron chi connectivity index (χ3n) is 3.57. The van der Waals surface area contributed by atoms with E-state index in [2.05, 4.69) is 6.07 Å². The van der Waals surface area contributed by atoms with Crippen molar-refractivity contribution in [2.75, 3.05) is 6.54 Å². The molecule has 1 saturated carbocycles. The Labute approximate surface area is 107 Å². The van der Waals surface area contributed by atoms with Crippen LogP contribution in [0.5, 0.6) is 0 Å². The number of aliphatic hydroxyl groups excluding tert-OH is 2. The Morgan fingerprint density at radius 2 is 2.11 bits per heavy atom. The molecule has 0 aliphatic heterocycles. The number of rotatable bonds is 5. The summed E-state index contributed by atoms with van der Waals surface area (Å²) in [5.41, 5.74) is 6.58. The lowest BCUT2D eigenvalue weighted by Crippen LogP contribution is -2.22. The van der Waals surface area contributed by atoms with E-state index in [4.69, 9.17) is 11.0 Å². The van der Waals surface area contributed by atoms with Gasteiger partial charge in [-0.25, -0.2) is 0 Å². The van der Waals surface area contributed by atoms with E-state index in [1.807, 2.05) is 18.2 Å². The van der Waals surface area contributed by atoms with Crippen LogP contribution in [0.1, 0.15) is 36.5 Å². The Balaban J connectivity index is 2.20. The number of nitrogens with zero attached hydrogens (tertiary/aromatic N) is 1. The lowest BCUT2D eigenvalue weighted by molar-refractivity contribution is 0.0150. The molecule has 0 bridgehead atoms. The molecule has 0 amide bonds. The molecule has 4 nitrogen and oxygen atoms in total. The van der Waals surface area contributed by atoms with E-state index in [1.54, 1.807) is 6.07 Å². The number of nitrogens with two attached hydrogens (primary N) is 1. The number of nitriles is 1. The molecule has 1 aromatic carbocycles. The standard InChI is InChI=1S/C14H18N2O2/c15-7-4-12(17)13(18)10-2-1-3-11(8-10)14(9-16)5-6-14/h1-3,8,12-13,17-18H,4-7,15H2. The van der Waals surface area contributed by atoms with Gasteiger partial charge in [0.15, 0.2) is 0 Å². The van der Waals surface area contributed by atoms with Gasteiger partial charge in [0.05, 0.1) is 17.6 Å². The quantitative estimate of drug-likeness (QED) is 0.722. The van der Waals surface area contributed by atoms with E-state index in [9.17, 15) is 10.2 Å². The minimum atomic E-state index is -0.942. The van der Waals surface area contributed by atoms with Crippen molar-refractivity contribution < 1.29 is 10.2 Å². The Morgan fingerprint density at radius 3 is 2.67 bits per heavy atom. The highest BCUT2D eigenvalue weighted by Crippen LogP contribution is 2.47. The highest BCUT2D eigenvalue weighted by atomic mass is 16.3. The number of aliphatic hydroxyl groups is 2. The van der Waals surface area contributed by atoms with Crippen molar-refractivity contribution in [1.82, 2.24) is 0 Å². The van der Waals surface area contributed by atoms with Crippen LogP contribution in [-0.4, -0.2) is 22.9 Å². The second-order valence-corrected chi connectivity index (χ2v) is 4.91. The Hall–Kier alpha value is -1.41. The minimum Gasteiger partial charge on any atom is -0.390 e. The maximum atomic E-state index is 10.0. The van der Waals surface area contributed by atoms with Gasteiger partial charge in [-0.3, -0.25) is 0 Å². The fourth-order valence-corrected chi connectivity index (χ4v) is 2.16. The fourth-order valence-electron chi connectivity index (χ4n) is 2.16. The average molecular weight is 246 g/mol. The fraction of sp³-hybridized carbons (Fsp3) is 0.500. The molecule has 0 saturated heterocycles. The Kier molecular flexibility index (Phi) is 3.67. The number of benzene rings is 1. The van der Waals surface area contributed by atoms with E-state index in [1.165, 1.54) is 0 Å². The van der Waals surface area contributed by atoms with Gasteiger partial charge in [-0.1, -0.05) is 24.3 Å². The molecule has 1 aromatic rings. The Bertz CT molecular complexity index is 463. The molecule has 1 fully saturated rings. The lowest BCUT2D eigenvalue weighted by Gasteiger charge is -2.18. The summed E-state index contributed by atoms with van der Waals surface area (Å²) in [5, 5.41) is 28.9. The summed E-state index contributed by atoms with van der Waals surface area (Å²) in [5.74, 6) is 0. The van der Waals surface area contributed by atoms with Crippen LogP contribution in [0.2, 0.25) is 0 Å². The molecule has 1 aliphatic rings. The SMILES string of the molecule is N#CC1(c2cccc(C(O)C(O)CCN)c2)CC1. The molecule has 4 heteroatoms.